The quantitative estimate of drug-likeness (QED) is 0.445. The average molecular weight is 230 g/mol. The molecule has 18 heavy (non-hydrogen) atoms. The van der Waals surface area contributed by atoms with E-state index in [0.29, 0.717) is 0 Å². The lowest BCUT2D eigenvalue weighted by Crippen LogP contribution is -1.84. The molecule has 84 valence electrons. The topological polar surface area (TPSA) is 17.1 Å². The van der Waals surface area contributed by atoms with Crippen molar-refractivity contribution in [2.45, 2.75) is 0 Å². The molecule has 1 aliphatic carbocycles. The molecule has 0 atom stereocenters. The van der Waals surface area contributed by atoms with Gasteiger partial charge in [-0.1, -0.05) is 54.6 Å². The normalized spacial score (nSPS) is 11.6. The molecule has 3 aromatic carbocycles. The zero-order valence-electron chi connectivity index (χ0n) is 9.68. The number of aldehydes is 1. The summed E-state index contributed by atoms with van der Waals surface area (Å²) in [4.78, 5) is 11.1. The molecule has 4 rings (SSSR count). The zero-order valence-corrected chi connectivity index (χ0v) is 9.68. The molecule has 0 spiro atoms. The van der Waals surface area contributed by atoms with Gasteiger partial charge in [-0.15, -0.1) is 0 Å². The second kappa shape index (κ2) is 3.30. The van der Waals surface area contributed by atoms with Crippen molar-refractivity contribution in [3.05, 3.63) is 60.2 Å². The van der Waals surface area contributed by atoms with Gasteiger partial charge in [0, 0.05) is 5.56 Å². The third kappa shape index (κ3) is 1.04. The van der Waals surface area contributed by atoms with Crippen LogP contribution in [0.2, 0.25) is 0 Å². The highest BCUT2D eigenvalue weighted by Gasteiger charge is 2.21. The number of hydrogen-bond donors (Lipinski definition) is 0. The fourth-order valence-corrected chi connectivity index (χ4v) is 2.93. The molecule has 0 saturated carbocycles. The predicted molar refractivity (Wildman–Crippen MR) is 73.8 cm³/mol. The van der Waals surface area contributed by atoms with Crippen LogP contribution >= 0.6 is 0 Å². The third-order valence-electron chi connectivity index (χ3n) is 3.71. The van der Waals surface area contributed by atoms with Crippen LogP contribution in [0.25, 0.3) is 33.0 Å². The van der Waals surface area contributed by atoms with Crippen molar-refractivity contribution in [2.24, 2.45) is 0 Å². The van der Waals surface area contributed by atoms with Crippen LogP contribution in [-0.2, 0) is 0 Å². The minimum atomic E-state index is 0.767. The molecule has 0 radical (unpaired) electrons. The van der Waals surface area contributed by atoms with E-state index in [0.717, 1.165) is 17.2 Å². The smallest absolute Gasteiger partial charge is 0.150 e. The van der Waals surface area contributed by atoms with Gasteiger partial charge in [0.25, 0.3) is 0 Å². The van der Waals surface area contributed by atoms with Gasteiger partial charge in [-0.25, -0.2) is 0 Å². The summed E-state index contributed by atoms with van der Waals surface area (Å²) in [5.74, 6) is 0. The molecule has 0 aliphatic heterocycles. The van der Waals surface area contributed by atoms with Crippen molar-refractivity contribution >= 4 is 17.1 Å². The molecule has 0 N–H and O–H groups in total. The Kier molecular flexibility index (Phi) is 1.76. The minimum Gasteiger partial charge on any atom is -0.298 e. The first-order chi connectivity index (χ1) is 8.90. The third-order valence-corrected chi connectivity index (χ3v) is 3.71. The first-order valence-electron chi connectivity index (χ1n) is 6.01. The summed E-state index contributed by atoms with van der Waals surface area (Å²) in [5, 5.41) is 2.26. The van der Waals surface area contributed by atoms with Gasteiger partial charge < -0.3 is 0 Å². The lowest BCUT2D eigenvalue weighted by atomic mass is 9.99. The van der Waals surface area contributed by atoms with Crippen LogP contribution < -0.4 is 0 Å². The monoisotopic (exact) mass is 230 g/mol. The number of benzene rings is 3. The molecule has 3 aromatic rings. The van der Waals surface area contributed by atoms with E-state index in [2.05, 4.69) is 36.4 Å². The van der Waals surface area contributed by atoms with E-state index in [4.69, 9.17) is 0 Å². The Hall–Kier alpha value is -2.41. The van der Waals surface area contributed by atoms with Crippen LogP contribution in [0.5, 0.6) is 0 Å². The maximum absolute atomic E-state index is 11.1. The summed E-state index contributed by atoms with van der Waals surface area (Å²) in [6.45, 7) is 0. The van der Waals surface area contributed by atoms with E-state index >= 15 is 0 Å². The van der Waals surface area contributed by atoms with E-state index in [1.165, 1.54) is 27.6 Å². The SMILES string of the molecule is O=Cc1ccc2c3c(cccc13)-c1ccccc1-2. The molecule has 0 saturated heterocycles. The summed E-state index contributed by atoms with van der Waals surface area (Å²) >= 11 is 0. The van der Waals surface area contributed by atoms with Crippen LogP contribution in [0.3, 0.4) is 0 Å². The zero-order chi connectivity index (χ0) is 12.1. The average Bonchev–Trinajstić information content (AvgIpc) is 2.77. The van der Waals surface area contributed by atoms with Gasteiger partial charge in [-0.05, 0) is 33.0 Å². The molecule has 1 nitrogen and oxygen atoms in total. The van der Waals surface area contributed by atoms with Gasteiger partial charge in [-0.2, -0.15) is 0 Å². The first kappa shape index (κ1) is 9.60. The number of carbonyl (C=O) groups excluding carboxylic acids is 1. The molecule has 0 aromatic heterocycles. The molecule has 0 fully saturated rings. The largest absolute Gasteiger partial charge is 0.298 e. The molecular weight excluding hydrogens is 220 g/mol. The summed E-state index contributed by atoms with van der Waals surface area (Å²) in [5.41, 5.74) is 5.77. The van der Waals surface area contributed by atoms with E-state index in [1.54, 1.807) is 0 Å². The molecule has 0 amide bonds. The van der Waals surface area contributed by atoms with Crippen LogP contribution in [0.4, 0.5) is 0 Å². The van der Waals surface area contributed by atoms with E-state index in [1.807, 2.05) is 18.2 Å². The minimum absolute atomic E-state index is 0.767. The number of fused-ring (bicyclic) bond motifs is 3. The van der Waals surface area contributed by atoms with Crippen molar-refractivity contribution in [3.63, 3.8) is 0 Å². The standard InChI is InChI=1S/C17H10O/c18-10-11-8-9-16-14-5-2-1-4-13(14)15-7-3-6-12(11)17(15)16/h1-10H. The number of rotatable bonds is 1. The summed E-state index contributed by atoms with van der Waals surface area (Å²) in [6, 6.07) is 18.6. The molecule has 0 unspecified atom stereocenters. The fourth-order valence-electron chi connectivity index (χ4n) is 2.93. The summed E-state index contributed by atoms with van der Waals surface area (Å²) in [6.07, 6.45) is 0.936. The van der Waals surface area contributed by atoms with Gasteiger partial charge in [-0.3, -0.25) is 4.79 Å². The predicted octanol–water partition coefficient (Wildman–Crippen LogP) is 4.30. The first-order valence-corrected chi connectivity index (χ1v) is 6.01. The van der Waals surface area contributed by atoms with Crippen LogP contribution in [0.1, 0.15) is 10.4 Å². The highest BCUT2D eigenvalue weighted by molar-refractivity contribution is 6.18. The van der Waals surface area contributed by atoms with E-state index < -0.39 is 0 Å². The van der Waals surface area contributed by atoms with Gasteiger partial charge >= 0.3 is 0 Å². The second-order valence-electron chi connectivity index (χ2n) is 4.59. The Balaban J connectivity index is 2.27. The van der Waals surface area contributed by atoms with Crippen molar-refractivity contribution in [1.82, 2.24) is 0 Å². The Morgan fingerprint density at radius 3 is 2.06 bits per heavy atom. The lowest BCUT2D eigenvalue weighted by Gasteiger charge is -2.04. The second-order valence-corrected chi connectivity index (χ2v) is 4.59. The van der Waals surface area contributed by atoms with Gasteiger partial charge in [0.15, 0.2) is 6.29 Å². The van der Waals surface area contributed by atoms with Crippen molar-refractivity contribution < 1.29 is 4.79 Å². The maximum atomic E-state index is 11.1. The maximum Gasteiger partial charge on any atom is 0.150 e. The van der Waals surface area contributed by atoms with Gasteiger partial charge in [0.05, 0.1) is 0 Å². The molecule has 1 aliphatic rings. The van der Waals surface area contributed by atoms with E-state index in [-0.39, 0.29) is 0 Å². The Morgan fingerprint density at radius 2 is 1.33 bits per heavy atom. The molecule has 1 heteroatoms. The summed E-state index contributed by atoms with van der Waals surface area (Å²) < 4.78 is 0. The summed E-state index contributed by atoms with van der Waals surface area (Å²) in [7, 11) is 0. The highest BCUT2D eigenvalue weighted by Crippen LogP contribution is 2.47. The Morgan fingerprint density at radius 1 is 0.667 bits per heavy atom. The molecule has 0 bridgehead atoms. The van der Waals surface area contributed by atoms with E-state index in [9.17, 15) is 4.79 Å². The van der Waals surface area contributed by atoms with Gasteiger partial charge in [0.1, 0.15) is 0 Å². The van der Waals surface area contributed by atoms with Crippen LogP contribution in [0.15, 0.2) is 54.6 Å². The molecular formula is C17H10O. The lowest BCUT2D eigenvalue weighted by molar-refractivity contribution is 0.112. The van der Waals surface area contributed by atoms with Crippen molar-refractivity contribution in [1.29, 1.82) is 0 Å². The van der Waals surface area contributed by atoms with Crippen LogP contribution in [-0.4, -0.2) is 6.29 Å². The number of hydrogen-bond acceptors (Lipinski definition) is 1. The Labute approximate surface area is 105 Å². The number of carbonyl (C=O) groups is 1. The van der Waals surface area contributed by atoms with Crippen LogP contribution in [0, 0.1) is 0 Å². The van der Waals surface area contributed by atoms with Crippen molar-refractivity contribution in [3.8, 4) is 22.3 Å². The van der Waals surface area contributed by atoms with Gasteiger partial charge in [0.2, 0.25) is 0 Å². The fraction of sp³-hybridized carbons (Fsp3) is 0. The molecule has 0 heterocycles. The highest BCUT2D eigenvalue weighted by atomic mass is 16.1. The Bertz CT molecular complexity index is 771. The van der Waals surface area contributed by atoms with Crippen molar-refractivity contribution in [2.75, 3.05) is 0 Å².